The van der Waals surface area contributed by atoms with Gasteiger partial charge in [0, 0.05) is 28.9 Å². The molecule has 1 unspecified atom stereocenters. The number of amides is 1. The lowest BCUT2D eigenvalue weighted by Gasteiger charge is -2.18. The smallest absolute Gasteiger partial charge is 0.258 e. The Hall–Kier alpha value is -3.02. The summed E-state index contributed by atoms with van der Waals surface area (Å²) in [6, 6.07) is 8.08. The minimum Gasteiger partial charge on any atom is -0.370 e. The van der Waals surface area contributed by atoms with Crippen molar-refractivity contribution in [1.29, 1.82) is 0 Å². The molecule has 152 valence electrons. The second kappa shape index (κ2) is 8.55. The van der Waals surface area contributed by atoms with E-state index in [4.69, 9.17) is 10.3 Å². The van der Waals surface area contributed by atoms with Gasteiger partial charge in [-0.25, -0.2) is 0 Å². The molecular weight excluding hydrogens is 364 g/mol. The minimum atomic E-state index is -0.287. The molecule has 6 heteroatoms. The van der Waals surface area contributed by atoms with Gasteiger partial charge in [0.15, 0.2) is 0 Å². The number of hydrogen-bond acceptors (Lipinski definition) is 5. The highest BCUT2D eigenvalue weighted by molar-refractivity contribution is 5.75. The molecule has 1 atom stereocenters. The number of nitrogens with zero attached hydrogens (tertiary/aromatic N) is 3. The summed E-state index contributed by atoms with van der Waals surface area (Å²) >= 11 is 0. The molecular formula is C23H28N4O2. The van der Waals surface area contributed by atoms with Crippen molar-refractivity contribution in [3.8, 4) is 22.8 Å². The van der Waals surface area contributed by atoms with Crippen molar-refractivity contribution in [2.75, 3.05) is 0 Å². The fourth-order valence-corrected chi connectivity index (χ4v) is 3.90. The largest absolute Gasteiger partial charge is 0.370 e. The molecule has 2 N–H and O–H groups in total. The highest BCUT2D eigenvalue weighted by Gasteiger charge is 2.19. The number of aryl methyl sites for hydroxylation is 4. The van der Waals surface area contributed by atoms with Gasteiger partial charge in [-0.1, -0.05) is 25.9 Å². The Bertz CT molecular complexity index is 1040. The van der Waals surface area contributed by atoms with Gasteiger partial charge in [0.05, 0.1) is 0 Å². The number of carbonyl (C=O) groups is 1. The van der Waals surface area contributed by atoms with Gasteiger partial charge in [-0.05, 0) is 73.6 Å². The Labute approximate surface area is 171 Å². The lowest BCUT2D eigenvalue weighted by Crippen LogP contribution is -2.15. The van der Waals surface area contributed by atoms with E-state index in [0.29, 0.717) is 18.1 Å². The fourth-order valence-electron chi connectivity index (χ4n) is 3.90. The molecule has 0 aliphatic carbocycles. The maximum atomic E-state index is 11.4. The van der Waals surface area contributed by atoms with E-state index in [1.165, 1.54) is 11.1 Å². The zero-order valence-corrected chi connectivity index (χ0v) is 17.7. The third-order valence-corrected chi connectivity index (χ3v) is 5.15. The van der Waals surface area contributed by atoms with Crippen molar-refractivity contribution >= 4 is 5.91 Å². The summed E-state index contributed by atoms with van der Waals surface area (Å²) in [5.74, 6) is 0.830. The van der Waals surface area contributed by atoms with Crippen LogP contribution in [-0.2, 0) is 17.6 Å². The van der Waals surface area contributed by atoms with Crippen LogP contribution in [0.25, 0.3) is 22.8 Å². The van der Waals surface area contributed by atoms with Crippen molar-refractivity contribution in [3.63, 3.8) is 0 Å². The van der Waals surface area contributed by atoms with Gasteiger partial charge in [-0.2, -0.15) is 4.98 Å². The van der Waals surface area contributed by atoms with E-state index in [2.05, 4.69) is 48.0 Å². The van der Waals surface area contributed by atoms with Crippen molar-refractivity contribution < 1.29 is 9.32 Å². The van der Waals surface area contributed by atoms with E-state index in [1.807, 2.05) is 26.0 Å². The molecule has 3 aromatic rings. The monoisotopic (exact) mass is 392 g/mol. The highest BCUT2D eigenvalue weighted by Crippen LogP contribution is 2.32. The lowest BCUT2D eigenvalue weighted by molar-refractivity contribution is -0.118. The van der Waals surface area contributed by atoms with Crippen molar-refractivity contribution in [2.45, 2.75) is 59.8 Å². The van der Waals surface area contributed by atoms with Gasteiger partial charge in [-0.15, -0.1) is 0 Å². The molecule has 0 saturated heterocycles. The Kier molecular flexibility index (Phi) is 6.11. The Morgan fingerprint density at radius 3 is 2.48 bits per heavy atom. The Morgan fingerprint density at radius 1 is 1.07 bits per heavy atom. The summed E-state index contributed by atoms with van der Waals surface area (Å²) in [4.78, 5) is 20.5. The molecule has 0 fully saturated rings. The molecule has 3 rings (SSSR count). The summed E-state index contributed by atoms with van der Waals surface area (Å²) in [5.41, 5.74) is 12.6. The third kappa shape index (κ3) is 4.53. The summed E-state index contributed by atoms with van der Waals surface area (Å²) in [6.07, 6.45) is 2.03. The van der Waals surface area contributed by atoms with Crippen molar-refractivity contribution in [3.05, 3.63) is 52.3 Å². The van der Waals surface area contributed by atoms with Gasteiger partial charge in [0.2, 0.25) is 11.7 Å². The first kappa shape index (κ1) is 20.7. The molecule has 1 aromatic carbocycles. The molecule has 29 heavy (non-hydrogen) atoms. The van der Waals surface area contributed by atoms with E-state index in [9.17, 15) is 4.79 Å². The number of hydrogen-bond donors (Lipinski definition) is 1. The number of benzene rings is 1. The first-order chi connectivity index (χ1) is 13.8. The fraction of sp³-hybridized carbons (Fsp3) is 0.391. The quantitative estimate of drug-likeness (QED) is 0.638. The van der Waals surface area contributed by atoms with E-state index in [0.717, 1.165) is 40.9 Å². The molecule has 0 spiro atoms. The second-order valence-corrected chi connectivity index (χ2v) is 7.56. The zero-order chi connectivity index (χ0) is 21.1. The van der Waals surface area contributed by atoms with E-state index in [-0.39, 0.29) is 11.8 Å². The number of pyridine rings is 1. The predicted octanol–water partition coefficient (Wildman–Crippen LogP) is 4.52. The van der Waals surface area contributed by atoms with E-state index < -0.39 is 0 Å². The zero-order valence-electron chi connectivity index (χ0n) is 17.7. The number of rotatable bonds is 7. The van der Waals surface area contributed by atoms with Crippen LogP contribution in [0, 0.1) is 13.8 Å². The van der Waals surface area contributed by atoms with Crippen molar-refractivity contribution in [2.24, 2.45) is 5.73 Å². The van der Waals surface area contributed by atoms with Crippen LogP contribution in [0.2, 0.25) is 0 Å². The van der Waals surface area contributed by atoms with Gasteiger partial charge in [0.25, 0.3) is 5.89 Å². The van der Waals surface area contributed by atoms with Crippen LogP contribution in [0.1, 0.15) is 61.2 Å². The van der Waals surface area contributed by atoms with Crippen molar-refractivity contribution in [1.82, 2.24) is 15.1 Å². The van der Waals surface area contributed by atoms with Crippen LogP contribution < -0.4 is 5.73 Å². The SMILES string of the molecule is CCc1cc(-c2nc(-c3cc(C)c(C(C)CC(N)=O)c(CC)c3)no2)cc(C)n1. The van der Waals surface area contributed by atoms with E-state index in [1.54, 1.807) is 0 Å². The molecule has 0 saturated carbocycles. The molecule has 0 aliphatic heterocycles. The molecule has 2 heterocycles. The normalized spacial score (nSPS) is 12.2. The third-order valence-electron chi connectivity index (χ3n) is 5.15. The number of primary amides is 1. The second-order valence-electron chi connectivity index (χ2n) is 7.56. The average Bonchev–Trinajstić information content (AvgIpc) is 3.16. The van der Waals surface area contributed by atoms with Gasteiger partial charge >= 0.3 is 0 Å². The Balaban J connectivity index is 1.99. The number of nitrogens with two attached hydrogens (primary N) is 1. The summed E-state index contributed by atoms with van der Waals surface area (Å²) in [7, 11) is 0. The van der Waals surface area contributed by atoms with Crippen LogP contribution in [-0.4, -0.2) is 21.0 Å². The molecule has 2 aromatic heterocycles. The molecule has 0 aliphatic rings. The van der Waals surface area contributed by atoms with Crippen LogP contribution in [0.15, 0.2) is 28.8 Å². The van der Waals surface area contributed by atoms with Crippen LogP contribution in [0.4, 0.5) is 0 Å². The molecule has 0 bridgehead atoms. The average molecular weight is 393 g/mol. The summed E-state index contributed by atoms with van der Waals surface area (Å²) < 4.78 is 5.55. The number of carbonyl (C=O) groups excluding carboxylic acids is 1. The first-order valence-corrected chi connectivity index (χ1v) is 10.1. The summed E-state index contributed by atoms with van der Waals surface area (Å²) in [5, 5.41) is 4.21. The molecule has 0 radical (unpaired) electrons. The molecule has 1 amide bonds. The topological polar surface area (TPSA) is 94.9 Å². The van der Waals surface area contributed by atoms with Gasteiger partial charge in [-0.3, -0.25) is 9.78 Å². The Morgan fingerprint density at radius 2 is 1.83 bits per heavy atom. The van der Waals surface area contributed by atoms with E-state index >= 15 is 0 Å². The molecule has 6 nitrogen and oxygen atoms in total. The number of aromatic nitrogens is 3. The lowest BCUT2D eigenvalue weighted by atomic mass is 9.86. The van der Waals surface area contributed by atoms with Crippen LogP contribution in [0.5, 0.6) is 0 Å². The summed E-state index contributed by atoms with van der Waals surface area (Å²) in [6.45, 7) is 10.2. The van der Waals surface area contributed by atoms with Crippen LogP contribution in [0.3, 0.4) is 0 Å². The first-order valence-electron chi connectivity index (χ1n) is 10.1. The maximum Gasteiger partial charge on any atom is 0.258 e. The van der Waals surface area contributed by atoms with Gasteiger partial charge < -0.3 is 10.3 Å². The standard InChI is InChI=1S/C23H28N4O2/c1-6-16-11-17(8-13(3)21(16)14(4)9-20(24)28)22-26-23(29-27-22)18-10-15(5)25-19(7-2)12-18/h8,10-12,14H,6-7,9H2,1-5H3,(H2,24,28). The predicted molar refractivity (Wildman–Crippen MR) is 113 cm³/mol. The van der Waals surface area contributed by atoms with Gasteiger partial charge in [0.1, 0.15) is 0 Å². The minimum absolute atomic E-state index is 0.0737. The maximum absolute atomic E-state index is 11.4. The van der Waals surface area contributed by atoms with Crippen LogP contribution >= 0.6 is 0 Å². The highest BCUT2D eigenvalue weighted by atomic mass is 16.5.